The lowest BCUT2D eigenvalue weighted by atomic mass is 10.1. The van der Waals surface area contributed by atoms with Crippen molar-refractivity contribution in [1.82, 2.24) is 4.90 Å². The van der Waals surface area contributed by atoms with Gasteiger partial charge in [-0.25, -0.2) is 0 Å². The zero-order valence-corrected chi connectivity index (χ0v) is 15.0. The van der Waals surface area contributed by atoms with Crippen molar-refractivity contribution >= 4 is 33.4 Å². The molecule has 0 bridgehead atoms. The number of carbonyl (C=O) groups excluding carboxylic acids is 2. The fourth-order valence-electron chi connectivity index (χ4n) is 2.91. The number of halogens is 1. The summed E-state index contributed by atoms with van der Waals surface area (Å²) in [6, 6.07) is 15.5. The van der Waals surface area contributed by atoms with E-state index in [0.29, 0.717) is 13.1 Å². The third kappa shape index (κ3) is 4.03. The SMILES string of the molecule is Cc1cccc(CN2CC(C(=O)Nc3ccc(Br)cc3)CC2=O)c1. The summed E-state index contributed by atoms with van der Waals surface area (Å²) in [5.74, 6) is -0.365. The number of nitrogens with one attached hydrogen (secondary N) is 1. The maximum atomic E-state index is 12.4. The van der Waals surface area contributed by atoms with Crippen LogP contribution >= 0.6 is 15.9 Å². The highest BCUT2D eigenvalue weighted by atomic mass is 79.9. The van der Waals surface area contributed by atoms with Crippen molar-refractivity contribution in [3.8, 4) is 0 Å². The van der Waals surface area contributed by atoms with Gasteiger partial charge in [-0.2, -0.15) is 0 Å². The molecular formula is C19H19BrN2O2. The lowest BCUT2D eigenvalue weighted by molar-refractivity contribution is -0.128. The predicted octanol–water partition coefficient (Wildman–Crippen LogP) is 3.74. The first kappa shape index (κ1) is 16.7. The first-order chi connectivity index (χ1) is 11.5. The molecule has 1 heterocycles. The van der Waals surface area contributed by atoms with E-state index in [9.17, 15) is 9.59 Å². The van der Waals surface area contributed by atoms with Crippen molar-refractivity contribution < 1.29 is 9.59 Å². The standard InChI is InChI=1S/C19H19BrN2O2/c1-13-3-2-4-14(9-13)11-22-12-15(10-18(22)23)19(24)21-17-7-5-16(20)6-8-17/h2-9,15H,10-12H2,1H3,(H,21,24). The quantitative estimate of drug-likeness (QED) is 0.869. The van der Waals surface area contributed by atoms with Crippen LogP contribution in [0.2, 0.25) is 0 Å². The zero-order valence-electron chi connectivity index (χ0n) is 13.5. The minimum Gasteiger partial charge on any atom is -0.338 e. The Morgan fingerprint density at radius 3 is 2.71 bits per heavy atom. The van der Waals surface area contributed by atoms with Gasteiger partial charge in [0.2, 0.25) is 11.8 Å². The minimum absolute atomic E-state index is 0.0347. The summed E-state index contributed by atoms with van der Waals surface area (Å²) in [6.45, 7) is 3.06. The van der Waals surface area contributed by atoms with Crippen LogP contribution in [-0.2, 0) is 16.1 Å². The zero-order chi connectivity index (χ0) is 17.1. The Hall–Kier alpha value is -2.14. The third-order valence-electron chi connectivity index (χ3n) is 4.15. The van der Waals surface area contributed by atoms with Crippen LogP contribution in [0.4, 0.5) is 5.69 Å². The summed E-state index contributed by atoms with van der Waals surface area (Å²) in [4.78, 5) is 26.4. The Bertz CT molecular complexity index is 758. The van der Waals surface area contributed by atoms with E-state index < -0.39 is 0 Å². The van der Waals surface area contributed by atoms with Crippen LogP contribution in [0.15, 0.2) is 53.0 Å². The average molecular weight is 387 g/mol. The van der Waals surface area contributed by atoms with E-state index in [0.717, 1.165) is 15.7 Å². The maximum Gasteiger partial charge on any atom is 0.229 e. The molecule has 1 saturated heterocycles. The van der Waals surface area contributed by atoms with Gasteiger partial charge in [0.15, 0.2) is 0 Å². The molecule has 5 heteroatoms. The monoisotopic (exact) mass is 386 g/mol. The molecule has 1 aliphatic rings. The molecule has 2 aromatic rings. The molecule has 1 atom stereocenters. The van der Waals surface area contributed by atoms with Gasteiger partial charge in [0, 0.05) is 29.7 Å². The van der Waals surface area contributed by atoms with Crippen LogP contribution in [0.1, 0.15) is 17.5 Å². The molecule has 0 spiro atoms. The van der Waals surface area contributed by atoms with Crippen molar-refractivity contribution in [1.29, 1.82) is 0 Å². The Morgan fingerprint density at radius 2 is 2.00 bits per heavy atom. The molecule has 0 aliphatic carbocycles. The van der Waals surface area contributed by atoms with Gasteiger partial charge in [0.05, 0.1) is 5.92 Å². The average Bonchev–Trinajstić information content (AvgIpc) is 2.91. The number of carbonyl (C=O) groups is 2. The predicted molar refractivity (Wildman–Crippen MR) is 97.5 cm³/mol. The summed E-state index contributed by atoms with van der Waals surface area (Å²) >= 11 is 3.37. The van der Waals surface area contributed by atoms with E-state index in [-0.39, 0.29) is 24.2 Å². The van der Waals surface area contributed by atoms with Crippen molar-refractivity contribution in [3.63, 3.8) is 0 Å². The molecule has 3 rings (SSSR count). The van der Waals surface area contributed by atoms with Crippen LogP contribution in [0.25, 0.3) is 0 Å². The number of likely N-dealkylation sites (tertiary alicyclic amines) is 1. The molecule has 0 saturated carbocycles. The van der Waals surface area contributed by atoms with Crippen molar-refractivity contribution in [2.24, 2.45) is 5.92 Å². The van der Waals surface area contributed by atoms with Gasteiger partial charge in [0.1, 0.15) is 0 Å². The molecule has 1 aliphatic heterocycles. The number of nitrogens with zero attached hydrogens (tertiary/aromatic N) is 1. The van der Waals surface area contributed by atoms with Crippen LogP contribution in [0.5, 0.6) is 0 Å². The van der Waals surface area contributed by atoms with Gasteiger partial charge in [-0.05, 0) is 36.8 Å². The fraction of sp³-hybridized carbons (Fsp3) is 0.263. The fourth-order valence-corrected chi connectivity index (χ4v) is 3.17. The summed E-state index contributed by atoms with van der Waals surface area (Å²) in [7, 11) is 0. The molecule has 1 unspecified atom stereocenters. The molecule has 24 heavy (non-hydrogen) atoms. The van der Waals surface area contributed by atoms with E-state index in [1.165, 1.54) is 5.56 Å². The number of benzene rings is 2. The summed E-state index contributed by atoms with van der Waals surface area (Å²) < 4.78 is 0.959. The molecule has 1 fully saturated rings. The highest BCUT2D eigenvalue weighted by Crippen LogP contribution is 2.23. The van der Waals surface area contributed by atoms with Gasteiger partial charge in [-0.15, -0.1) is 0 Å². The summed E-state index contributed by atoms with van der Waals surface area (Å²) in [5, 5.41) is 2.89. The first-order valence-corrected chi connectivity index (χ1v) is 8.70. The second kappa shape index (κ2) is 7.18. The smallest absolute Gasteiger partial charge is 0.229 e. The Balaban J connectivity index is 1.61. The summed E-state index contributed by atoms with van der Waals surface area (Å²) in [5.41, 5.74) is 3.01. The van der Waals surface area contributed by atoms with E-state index in [1.807, 2.05) is 49.4 Å². The van der Waals surface area contributed by atoms with Crippen LogP contribution in [0.3, 0.4) is 0 Å². The molecular weight excluding hydrogens is 368 g/mol. The van der Waals surface area contributed by atoms with Gasteiger partial charge in [0.25, 0.3) is 0 Å². The molecule has 4 nitrogen and oxygen atoms in total. The van der Waals surface area contributed by atoms with Crippen LogP contribution in [0, 0.1) is 12.8 Å². The van der Waals surface area contributed by atoms with Crippen LogP contribution < -0.4 is 5.32 Å². The molecule has 0 aromatic heterocycles. The van der Waals surface area contributed by atoms with E-state index >= 15 is 0 Å². The van der Waals surface area contributed by atoms with E-state index in [4.69, 9.17) is 0 Å². The molecule has 1 N–H and O–H groups in total. The number of rotatable bonds is 4. The first-order valence-electron chi connectivity index (χ1n) is 7.91. The van der Waals surface area contributed by atoms with E-state index in [1.54, 1.807) is 4.90 Å². The maximum absolute atomic E-state index is 12.4. The van der Waals surface area contributed by atoms with Crippen molar-refractivity contribution in [2.75, 3.05) is 11.9 Å². The normalized spacial score (nSPS) is 17.2. The molecule has 2 amide bonds. The van der Waals surface area contributed by atoms with Gasteiger partial charge in [-0.1, -0.05) is 45.8 Å². The highest BCUT2D eigenvalue weighted by molar-refractivity contribution is 9.10. The van der Waals surface area contributed by atoms with Gasteiger partial charge < -0.3 is 10.2 Å². The number of hydrogen-bond acceptors (Lipinski definition) is 2. The number of hydrogen-bond donors (Lipinski definition) is 1. The van der Waals surface area contributed by atoms with Crippen LogP contribution in [-0.4, -0.2) is 23.3 Å². The number of anilines is 1. The largest absolute Gasteiger partial charge is 0.338 e. The van der Waals surface area contributed by atoms with Crippen molar-refractivity contribution in [3.05, 3.63) is 64.1 Å². The topological polar surface area (TPSA) is 49.4 Å². The van der Waals surface area contributed by atoms with Gasteiger partial charge in [-0.3, -0.25) is 9.59 Å². The molecule has 124 valence electrons. The minimum atomic E-state index is -0.300. The Kier molecular flexibility index (Phi) is 5.00. The third-order valence-corrected chi connectivity index (χ3v) is 4.68. The van der Waals surface area contributed by atoms with Gasteiger partial charge >= 0.3 is 0 Å². The highest BCUT2D eigenvalue weighted by Gasteiger charge is 2.34. The lowest BCUT2D eigenvalue weighted by Gasteiger charge is -2.17. The number of amides is 2. The second-order valence-corrected chi connectivity index (χ2v) is 7.08. The summed E-state index contributed by atoms with van der Waals surface area (Å²) in [6.07, 6.45) is 0.272. The molecule has 0 radical (unpaired) electrons. The Labute approximate surface area is 150 Å². The number of aryl methyl sites for hydroxylation is 1. The van der Waals surface area contributed by atoms with E-state index in [2.05, 4.69) is 27.3 Å². The molecule has 2 aromatic carbocycles. The second-order valence-electron chi connectivity index (χ2n) is 6.16. The Morgan fingerprint density at radius 1 is 1.25 bits per heavy atom. The lowest BCUT2D eigenvalue weighted by Crippen LogP contribution is -2.28. The van der Waals surface area contributed by atoms with Crippen molar-refractivity contribution in [2.45, 2.75) is 19.9 Å².